The Kier molecular flexibility index (Phi) is 5.05. The summed E-state index contributed by atoms with van der Waals surface area (Å²) in [5, 5.41) is 10.9. The Hall–Kier alpha value is -1.19. The second kappa shape index (κ2) is 6.12. The minimum Gasteiger partial charge on any atom is -0.481 e. The molecule has 18 heavy (non-hydrogen) atoms. The number of aliphatic carboxylic acids is 1. The first-order chi connectivity index (χ1) is 8.38. The first-order valence-corrected chi connectivity index (χ1v) is 7.00. The fraction of sp³-hybridized carbons (Fsp3) is 0.778. The van der Waals surface area contributed by atoms with Crippen molar-refractivity contribution in [3.8, 4) is 0 Å². The lowest BCUT2D eigenvalue weighted by Crippen LogP contribution is -2.55. The van der Waals surface area contributed by atoms with E-state index in [4.69, 9.17) is 9.84 Å². The molecule has 9 heteroatoms. The topological polar surface area (TPSA) is 113 Å². The Morgan fingerprint density at radius 2 is 2.17 bits per heavy atom. The van der Waals surface area contributed by atoms with Gasteiger partial charge in [0.1, 0.15) is 6.04 Å². The van der Waals surface area contributed by atoms with Gasteiger partial charge < -0.3 is 15.2 Å². The van der Waals surface area contributed by atoms with Crippen molar-refractivity contribution in [2.75, 3.05) is 32.6 Å². The van der Waals surface area contributed by atoms with Crippen LogP contribution in [0.5, 0.6) is 0 Å². The molecule has 0 aromatic rings. The third-order valence-corrected chi connectivity index (χ3v) is 4.43. The lowest BCUT2D eigenvalue weighted by Gasteiger charge is -2.33. The third-order valence-electron chi connectivity index (χ3n) is 2.56. The molecular weight excluding hydrogens is 264 g/mol. The zero-order valence-corrected chi connectivity index (χ0v) is 10.8. The van der Waals surface area contributed by atoms with Gasteiger partial charge in [0.2, 0.25) is 15.9 Å². The summed E-state index contributed by atoms with van der Waals surface area (Å²) >= 11 is 0. The van der Waals surface area contributed by atoms with E-state index in [9.17, 15) is 18.0 Å². The molecule has 0 aliphatic carbocycles. The van der Waals surface area contributed by atoms with Crippen LogP contribution < -0.4 is 5.32 Å². The van der Waals surface area contributed by atoms with E-state index in [-0.39, 0.29) is 19.8 Å². The second-order valence-corrected chi connectivity index (χ2v) is 5.82. The van der Waals surface area contributed by atoms with Gasteiger partial charge in [-0.3, -0.25) is 9.59 Å². The first-order valence-electron chi connectivity index (χ1n) is 5.39. The van der Waals surface area contributed by atoms with Crippen LogP contribution in [0.4, 0.5) is 0 Å². The molecule has 0 radical (unpaired) electrons. The molecule has 8 nitrogen and oxygen atoms in total. The van der Waals surface area contributed by atoms with Crippen LogP contribution in [-0.4, -0.2) is 68.3 Å². The zero-order chi connectivity index (χ0) is 13.8. The molecule has 0 spiro atoms. The SMILES string of the molecule is CNC(=O)C1COCCN1S(=O)(=O)CCC(=O)O. The number of amides is 1. The van der Waals surface area contributed by atoms with Crippen molar-refractivity contribution in [3.05, 3.63) is 0 Å². The molecule has 0 aromatic heterocycles. The Bertz CT molecular complexity index is 421. The molecule has 1 aliphatic heterocycles. The maximum atomic E-state index is 11.9. The molecule has 104 valence electrons. The van der Waals surface area contributed by atoms with Gasteiger partial charge >= 0.3 is 5.97 Å². The molecule has 1 heterocycles. The Morgan fingerprint density at radius 1 is 1.50 bits per heavy atom. The maximum Gasteiger partial charge on any atom is 0.304 e. The van der Waals surface area contributed by atoms with Crippen LogP contribution in [0.1, 0.15) is 6.42 Å². The highest BCUT2D eigenvalue weighted by molar-refractivity contribution is 7.89. The van der Waals surface area contributed by atoms with E-state index in [0.717, 1.165) is 4.31 Å². The Balaban J connectivity index is 2.82. The van der Waals surface area contributed by atoms with E-state index in [1.807, 2.05) is 0 Å². The molecular formula is C9H16N2O6S. The summed E-state index contributed by atoms with van der Waals surface area (Å²) in [4.78, 5) is 22.0. The predicted octanol–water partition coefficient (Wildman–Crippen LogP) is -1.76. The standard InChI is InChI=1S/C9H16N2O6S/c1-10-9(14)7-6-17-4-3-11(7)18(15,16)5-2-8(12)13/h7H,2-6H2,1H3,(H,10,14)(H,12,13). The van der Waals surface area contributed by atoms with Crippen molar-refractivity contribution in [1.82, 2.24) is 9.62 Å². The van der Waals surface area contributed by atoms with Gasteiger partial charge in [0.25, 0.3) is 0 Å². The van der Waals surface area contributed by atoms with Gasteiger partial charge in [-0.2, -0.15) is 4.31 Å². The van der Waals surface area contributed by atoms with Crippen molar-refractivity contribution in [1.29, 1.82) is 0 Å². The first kappa shape index (κ1) is 14.9. The summed E-state index contributed by atoms with van der Waals surface area (Å²) < 4.78 is 30.0. The number of carbonyl (C=O) groups is 2. The van der Waals surface area contributed by atoms with Crippen LogP contribution in [0.25, 0.3) is 0 Å². The average Bonchev–Trinajstić information content (AvgIpc) is 2.35. The van der Waals surface area contributed by atoms with Crippen LogP contribution in [0.2, 0.25) is 0 Å². The highest BCUT2D eigenvalue weighted by Gasteiger charge is 2.36. The number of carbonyl (C=O) groups excluding carboxylic acids is 1. The summed E-state index contributed by atoms with van der Waals surface area (Å²) in [6.07, 6.45) is -0.486. The molecule has 0 saturated carbocycles. The molecule has 1 atom stereocenters. The summed E-state index contributed by atoms with van der Waals surface area (Å²) in [5.74, 6) is -2.17. The number of hydrogen-bond donors (Lipinski definition) is 2. The summed E-state index contributed by atoms with van der Waals surface area (Å²) in [5.41, 5.74) is 0. The molecule has 1 amide bonds. The van der Waals surface area contributed by atoms with Crippen LogP contribution in [-0.2, 0) is 24.3 Å². The third kappa shape index (κ3) is 3.65. The minimum atomic E-state index is -3.77. The molecule has 1 aliphatic rings. The number of hydrogen-bond acceptors (Lipinski definition) is 5. The van der Waals surface area contributed by atoms with E-state index < -0.39 is 40.1 Å². The number of rotatable bonds is 5. The molecule has 0 bridgehead atoms. The van der Waals surface area contributed by atoms with Gasteiger partial charge in [0, 0.05) is 13.6 Å². The largest absolute Gasteiger partial charge is 0.481 e. The van der Waals surface area contributed by atoms with Crippen LogP contribution in [0.15, 0.2) is 0 Å². The molecule has 1 rings (SSSR count). The highest BCUT2D eigenvalue weighted by Crippen LogP contribution is 2.14. The predicted molar refractivity (Wildman–Crippen MR) is 61.4 cm³/mol. The van der Waals surface area contributed by atoms with Crippen LogP contribution in [0.3, 0.4) is 0 Å². The fourth-order valence-corrected chi connectivity index (χ4v) is 3.19. The van der Waals surface area contributed by atoms with E-state index in [1.54, 1.807) is 0 Å². The summed E-state index contributed by atoms with van der Waals surface area (Å²) in [7, 11) is -2.37. The maximum absolute atomic E-state index is 11.9. The van der Waals surface area contributed by atoms with Crippen molar-refractivity contribution < 1.29 is 27.9 Å². The Morgan fingerprint density at radius 3 is 2.72 bits per heavy atom. The number of ether oxygens (including phenoxy) is 1. The zero-order valence-electron chi connectivity index (χ0n) is 9.96. The van der Waals surface area contributed by atoms with Crippen molar-refractivity contribution in [2.45, 2.75) is 12.5 Å². The molecule has 1 fully saturated rings. The number of likely N-dealkylation sites (N-methyl/N-ethyl adjacent to an activating group) is 1. The average molecular weight is 280 g/mol. The lowest BCUT2D eigenvalue weighted by molar-refractivity contribution is -0.136. The van der Waals surface area contributed by atoms with Gasteiger partial charge in [0.15, 0.2) is 0 Å². The van der Waals surface area contributed by atoms with E-state index in [0.29, 0.717) is 0 Å². The minimum absolute atomic E-state index is 0.0219. The van der Waals surface area contributed by atoms with Gasteiger partial charge in [-0.15, -0.1) is 0 Å². The normalized spacial score (nSPS) is 21.5. The van der Waals surface area contributed by atoms with E-state index in [2.05, 4.69) is 5.32 Å². The second-order valence-electron chi connectivity index (χ2n) is 3.78. The van der Waals surface area contributed by atoms with E-state index in [1.165, 1.54) is 7.05 Å². The van der Waals surface area contributed by atoms with Gasteiger partial charge in [0.05, 0.1) is 25.4 Å². The smallest absolute Gasteiger partial charge is 0.304 e. The van der Waals surface area contributed by atoms with Gasteiger partial charge in [-0.25, -0.2) is 8.42 Å². The van der Waals surface area contributed by atoms with Crippen molar-refractivity contribution >= 4 is 21.9 Å². The molecule has 1 unspecified atom stereocenters. The number of nitrogens with one attached hydrogen (secondary N) is 1. The number of sulfonamides is 1. The quantitative estimate of drug-likeness (QED) is 0.616. The number of carboxylic acids is 1. The van der Waals surface area contributed by atoms with Gasteiger partial charge in [-0.1, -0.05) is 0 Å². The van der Waals surface area contributed by atoms with Gasteiger partial charge in [-0.05, 0) is 0 Å². The molecule has 2 N–H and O–H groups in total. The number of nitrogens with zero attached hydrogens (tertiary/aromatic N) is 1. The lowest BCUT2D eigenvalue weighted by atomic mass is 10.2. The molecule has 1 saturated heterocycles. The summed E-state index contributed by atoms with van der Waals surface area (Å²) in [6, 6.07) is -0.928. The monoisotopic (exact) mass is 280 g/mol. The number of morpholine rings is 1. The van der Waals surface area contributed by atoms with Crippen LogP contribution in [0, 0.1) is 0 Å². The van der Waals surface area contributed by atoms with Crippen LogP contribution >= 0.6 is 0 Å². The number of carboxylic acid groups (broad SMARTS) is 1. The molecule has 0 aromatic carbocycles. The summed E-state index contributed by atoms with van der Waals surface area (Å²) in [6.45, 7) is 0.228. The highest BCUT2D eigenvalue weighted by atomic mass is 32.2. The Labute approximate surface area is 105 Å². The van der Waals surface area contributed by atoms with Crippen molar-refractivity contribution in [2.24, 2.45) is 0 Å². The van der Waals surface area contributed by atoms with Crippen molar-refractivity contribution in [3.63, 3.8) is 0 Å². The van der Waals surface area contributed by atoms with E-state index >= 15 is 0 Å². The fourth-order valence-electron chi connectivity index (χ4n) is 1.63.